The second kappa shape index (κ2) is 4.97. The molecular formula is C10H9BrFNO. The number of nitrogens with zero attached hydrogens (tertiary/aromatic N) is 1. The predicted octanol–water partition coefficient (Wildman–Crippen LogP) is 3.05. The van der Waals surface area contributed by atoms with Gasteiger partial charge < -0.3 is 4.74 Å². The molecule has 0 saturated heterocycles. The van der Waals surface area contributed by atoms with E-state index in [4.69, 9.17) is 10.00 Å². The van der Waals surface area contributed by atoms with Crippen LogP contribution in [0.4, 0.5) is 4.39 Å². The van der Waals surface area contributed by atoms with Crippen molar-refractivity contribution in [2.24, 2.45) is 0 Å². The third-order valence-corrected chi connectivity index (χ3v) is 2.45. The highest BCUT2D eigenvalue weighted by atomic mass is 79.9. The highest BCUT2D eigenvalue weighted by Crippen LogP contribution is 2.28. The van der Waals surface area contributed by atoms with E-state index < -0.39 is 0 Å². The molecule has 0 aromatic heterocycles. The van der Waals surface area contributed by atoms with Crippen molar-refractivity contribution >= 4 is 15.9 Å². The first kappa shape index (κ1) is 11.0. The number of rotatable bonds is 3. The molecule has 0 spiro atoms. The van der Waals surface area contributed by atoms with Gasteiger partial charge in [-0.2, -0.15) is 5.26 Å². The molecule has 0 N–H and O–H groups in total. The van der Waals surface area contributed by atoms with Gasteiger partial charge in [0, 0.05) is 6.42 Å². The molecule has 0 atom stereocenters. The Balaban J connectivity index is 2.99. The van der Waals surface area contributed by atoms with Crippen LogP contribution in [0.25, 0.3) is 0 Å². The number of hydrogen-bond acceptors (Lipinski definition) is 2. The van der Waals surface area contributed by atoms with Gasteiger partial charge in [-0.25, -0.2) is 4.39 Å². The van der Waals surface area contributed by atoms with Crippen molar-refractivity contribution in [2.75, 3.05) is 7.11 Å². The minimum atomic E-state index is -0.312. The van der Waals surface area contributed by atoms with Crippen LogP contribution in [0, 0.1) is 17.1 Å². The predicted molar refractivity (Wildman–Crippen MR) is 54.6 cm³/mol. The Hall–Kier alpha value is -1.08. The van der Waals surface area contributed by atoms with Crippen LogP contribution in [0.3, 0.4) is 0 Å². The molecule has 0 aliphatic heterocycles. The van der Waals surface area contributed by atoms with Gasteiger partial charge in [-0.15, -0.1) is 0 Å². The summed E-state index contributed by atoms with van der Waals surface area (Å²) in [5, 5.41) is 8.39. The summed E-state index contributed by atoms with van der Waals surface area (Å²) in [7, 11) is 1.52. The van der Waals surface area contributed by atoms with Crippen molar-refractivity contribution in [3.05, 3.63) is 28.0 Å². The van der Waals surface area contributed by atoms with Gasteiger partial charge in [0.1, 0.15) is 11.6 Å². The highest BCUT2D eigenvalue weighted by molar-refractivity contribution is 9.10. The van der Waals surface area contributed by atoms with Crippen LogP contribution < -0.4 is 4.74 Å². The largest absolute Gasteiger partial charge is 0.496 e. The molecule has 74 valence electrons. The number of nitriles is 1. The molecule has 0 aliphatic carbocycles. The fraction of sp³-hybridized carbons (Fsp3) is 0.300. The minimum Gasteiger partial charge on any atom is -0.496 e. The van der Waals surface area contributed by atoms with Crippen molar-refractivity contribution in [3.8, 4) is 11.8 Å². The van der Waals surface area contributed by atoms with Crippen LogP contribution in [-0.2, 0) is 6.42 Å². The van der Waals surface area contributed by atoms with E-state index in [1.54, 1.807) is 6.07 Å². The first-order valence-electron chi connectivity index (χ1n) is 4.08. The van der Waals surface area contributed by atoms with Crippen LogP contribution in [0.15, 0.2) is 16.6 Å². The first-order chi connectivity index (χ1) is 6.69. The molecule has 0 radical (unpaired) electrons. The standard InChI is InChI=1S/C10H9BrFNO/c1-14-10-5-7(3-2-4-13)9(12)6-8(10)11/h5-6H,2-3H2,1H3. The fourth-order valence-corrected chi connectivity index (χ4v) is 1.59. The average Bonchev–Trinajstić information content (AvgIpc) is 2.17. The summed E-state index contributed by atoms with van der Waals surface area (Å²) in [5.41, 5.74) is 0.506. The highest BCUT2D eigenvalue weighted by Gasteiger charge is 2.08. The Bertz CT molecular complexity index is 373. The monoisotopic (exact) mass is 257 g/mol. The van der Waals surface area contributed by atoms with Crippen LogP contribution in [0.1, 0.15) is 12.0 Å². The summed E-state index contributed by atoms with van der Waals surface area (Å²) in [6.07, 6.45) is 0.716. The van der Waals surface area contributed by atoms with E-state index >= 15 is 0 Å². The number of aryl methyl sites for hydroxylation is 1. The molecular weight excluding hydrogens is 249 g/mol. The Labute approximate surface area is 90.4 Å². The Kier molecular flexibility index (Phi) is 3.90. The molecule has 0 aliphatic rings. The summed E-state index contributed by atoms with van der Waals surface area (Å²) in [4.78, 5) is 0. The van der Waals surface area contributed by atoms with Crippen LogP contribution in [0.2, 0.25) is 0 Å². The van der Waals surface area contributed by atoms with Gasteiger partial charge in [-0.05, 0) is 40.0 Å². The van der Waals surface area contributed by atoms with Crippen molar-refractivity contribution < 1.29 is 9.13 Å². The molecule has 0 unspecified atom stereocenters. The Morgan fingerprint density at radius 2 is 2.29 bits per heavy atom. The summed E-state index contributed by atoms with van der Waals surface area (Å²) in [6, 6.07) is 4.94. The van der Waals surface area contributed by atoms with Gasteiger partial charge in [0.15, 0.2) is 0 Å². The van der Waals surface area contributed by atoms with Crippen molar-refractivity contribution in [2.45, 2.75) is 12.8 Å². The smallest absolute Gasteiger partial charge is 0.133 e. The van der Waals surface area contributed by atoms with Gasteiger partial charge in [0.05, 0.1) is 17.7 Å². The molecule has 1 rings (SSSR count). The molecule has 4 heteroatoms. The van der Waals surface area contributed by atoms with E-state index in [9.17, 15) is 4.39 Å². The van der Waals surface area contributed by atoms with Gasteiger partial charge >= 0.3 is 0 Å². The maximum absolute atomic E-state index is 13.3. The molecule has 1 aromatic carbocycles. The van der Waals surface area contributed by atoms with Crippen molar-refractivity contribution in [1.82, 2.24) is 0 Å². The number of halogens is 2. The van der Waals surface area contributed by atoms with E-state index in [1.807, 2.05) is 6.07 Å². The molecule has 0 bridgehead atoms. The minimum absolute atomic E-state index is 0.307. The van der Waals surface area contributed by atoms with Crippen LogP contribution in [-0.4, -0.2) is 7.11 Å². The van der Waals surface area contributed by atoms with Crippen molar-refractivity contribution in [3.63, 3.8) is 0 Å². The lowest BCUT2D eigenvalue weighted by molar-refractivity contribution is 0.410. The maximum atomic E-state index is 13.3. The summed E-state index contributed by atoms with van der Waals surface area (Å²) >= 11 is 3.18. The van der Waals surface area contributed by atoms with Crippen molar-refractivity contribution in [1.29, 1.82) is 5.26 Å². The molecule has 0 amide bonds. The summed E-state index contributed by atoms with van der Waals surface area (Å²) < 4.78 is 18.9. The molecule has 14 heavy (non-hydrogen) atoms. The Morgan fingerprint density at radius 1 is 1.57 bits per heavy atom. The van der Waals surface area contributed by atoms with E-state index in [1.165, 1.54) is 13.2 Å². The van der Waals surface area contributed by atoms with E-state index in [0.29, 0.717) is 28.6 Å². The van der Waals surface area contributed by atoms with E-state index in [-0.39, 0.29) is 5.82 Å². The number of hydrogen-bond donors (Lipinski definition) is 0. The lowest BCUT2D eigenvalue weighted by Crippen LogP contribution is -1.93. The number of methoxy groups -OCH3 is 1. The topological polar surface area (TPSA) is 33.0 Å². The quantitative estimate of drug-likeness (QED) is 0.834. The van der Waals surface area contributed by atoms with E-state index in [2.05, 4.69) is 15.9 Å². The second-order valence-corrected chi connectivity index (χ2v) is 3.59. The van der Waals surface area contributed by atoms with Gasteiger partial charge in [-0.3, -0.25) is 0 Å². The maximum Gasteiger partial charge on any atom is 0.133 e. The number of benzene rings is 1. The molecule has 2 nitrogen and oxygen atoms in total. The summed E-state index contributed by atoms with van der Waals surface area (Å²) in [5.74, 6) is 0.271. The Morgan fingerprint density at radius 3 is 2.86 bits per heavy atom. The normalized spacial score (nSPS) is 9.57. The van der Waals surface area contributed by atoms with Crippen LogP contribution >= 0.6 is 15.9 Å². The van der Waals surface area contributed by atoms with Gasteiger partial charge in [0.25, 0.3) is 0 Å². The molecule has 0 fully saturated rings. The van der Waals surface area contributed by atoms with Crippen LogP contribution in [0.5, 0.6) is 5.75 Å². The molecule has 0 saturated carbocycles. The molecule has 1 aromatic rings. The molecule has 0 heterocycles. The zero-order valence-corrected chi connectivity index (χ0v) is 9.27. The van der Waals surface area contributed by atoms with Gasteiger partial charge in [-0.1, -0.05) is 0 Å². The zero-order chi connectivity index (χ0) is 10.6. The zero-order valence-electron chi connectivity index (χ0n) is 7.68. The van der Waals surface area contributed by atoms with E-state index in [0.717, 1.165) is 0 Å². The third-order valence-electron chi connectivity index (χ3n) is 1.83. The third kappa shape index (κ3) is 2.46. The lowest BCUT2D eigenvalue weighted by Gasteiger charge is -2.06. The summed E-state index contributed by atoms with van der Waals surface area (Å²) in [6.45, 7) is 0. The van der Waals surface area contributed by atoms with Gasteiger partial charge in [0.2, 0.25) is 0 Å². The number of ether oxygens (including phenoxy) is 1. The SMILES string of the molecule is COc1cc(CCC#N)c(F)cc1Br. The fourth-order valence-electron chi connectivity index (χ4n) is 1.11. The lowest BCUT2D eigenvalue weighted by atomic mass is 10.1. The second-order valence-electron chi connectivity index (χ2n) is 2.74. The average molecular weight is 258 g/mol. The first-order valence-corrected chi connectivity index (χ1v) is 4.87.